The number of aliphatic carboxylic acids is 2. The van der Waals surface area contributed by atoms with Crippen molar-refractivity contribution in [3.63, 3.8) is 0 Å². The number of carboxylic acid groups (broad SMARTS) is 2. The van der Waals surface area contributed by atoms with E-state index in [9.17, 15) is 72.5 Å². The van der Waals surface area contributed by atoms with Crippen molar-refractivity contribution in [3.8, 4) is 0 Å². The molecule has 0 aliphatic carbocycles. The number of aliphatic hydroxyl groups excluding tert-OH is 1. The summed E-state index contributed by atoms with van der Waals surface area (Å²) in [7, 11) is 0. The van der Waals surface area contributed by atoms with E-state index in [1.807, 2.05) is 0 Å². The molecule has 0 unspecified atom stereocenters. The summed E-state index contributed by atoms with van der Waals surface area (Å²) in [4.78, 5) is 184. The topological polar surface area (TPSA) is 484 Å². The maximum Gasteiger partial charge on any atom is 0.303 e. The van der Waals surface area contributed by atoms with Crippen LogP contribution in [0.4, 0.5) is 0 Å². The lowest BCUT2D eigenvalue weighted by Crippen LogP contribution is -2.62. The molecule has 4 aromatic rings. The normalized spacial score (nSPS) is 14.7. The van der Waals surface area contributed by atoms with Gasteiger partial charge >= 0.3 is 11.9 Å². The Hall–Kier alpha value is -9.75. The van der Waals surface area contributed by atoms with Crippen LogP contribution in [0.2, 0.25) is 0 Å². The molecule has 0 radical (unpaired) electrons. The third kappa shape index (κ3) is 28.5. The summed E-state index contributed by atoms with van der Waals surface area (Å²) in [6.45, 7) is 6.15. The van der Waals surface area contributed by atoms with Crippen molar-refractivity contribution in [2.24, 2.45) is 23.3 Å². The molecule has 18 N–H and O–H groups in total. The fraction of sp³-hybridized carbons (Fsp3) is 0.493. The number of carbonyl (C=O) groups excluding carboxylic acids is 11. The van der Waals surface area contributed by atoms with Crippen molar-refractivity contribution in [3.05, 3.63) is 126 Å². The number of aromatic amines is 1. The lowest BCUT2D eigenvalue weighted by Gasteiger charge is -2.30. The Bertz CT molecular complexity index is 3260. The van der Waals surface area contributed by atoms with Gasteiger partial charge in [-0.2, -0.15) is 12.6 Å². The summed E-state index contributed by atoms with van der Waals surface area (Å²) in [5, 5.41) is 54.4. The molecule has 0 spiro atoms. The third-order valence-electron chi connectivity index (χ3n) is 16.3. The van der Waals surface area contributed by atoms with Crippen LogP contribution in [0, 0.1) is 11.8 Å². The highest BCUT2D eigenvalue weighted by molar-refractivity contribution is 7.80. The zero-order valence-corrected chi connectivity index (χ0v) is 56.4. The number of unbranched alkanes of at least 4 members (excludes halogenated alkanes) is 2. The van der Waals surface area contributed by atoms with Crippen LogP contribution in [0.25, 0.3) is 0 Å². The van der Waals surface area contributed by atoms with Crippen LogP contribution in [-0.4, -0.2) is 182 Å². The average Bonchev–Trinajstić information content (AvgIpc) is 0.868. The Balaban J connectivity index is 1.59. The van der Waals surface area contributed by atoms with Gasteiger partial charge in [-0.1, -0.05) is 138 Å². The summed E-state index contributed by atoms with van der Waals surface area (Å²) in [5.41, 5.74) is 13.4. The van der Waals surface area contributed by atoms with Crippen molar-refractivity contribution in [1.82, 2.24) is 63.1 Å². The van der Waals surface area contributed by atoms with Gasteiger partial charge in [-0.25, -0.2) is 4.98 Å². The standard InChI is InChI=1S/C67H94N14O16S/c1-5-39(3)56(81-65(95)52(37-98)79-63(93)50(33-43-23-15-9-16-24-43)77-62(92)49(32-42-21-13-8-14-22-42)76-60(90)47(27-29-55(86)87)73-58(88)45(68)36-82)66(96)74-46(26-28-53(69)83)61(91)80-57(40(4)6-2)67(97)78-51(34-44-35-70-38-72-44)64(94)75-48(31-41-19-11-7-12-20-41)59(89)71-30-18-10-17-25-54(84)85/h7-9,11-16,19-24,35,38-40,45-52,56-57,82,98H,5-6,10,17-18,25-34,36-37,68H2,1-4H3,(H2,69,83)(H,70,72)(H,71,89)(H,73,88)(H,74,96)(H,75,94)(H,76,90)(H,77,92)(H,78,97)(H,79,93)(H,80,91)(H,81,95)(H,84,85)(H,86,87)/t39-,40-,45-,46-,47-,48-,49-,50-,51-,52-,56-,57-/m0/s1. The SMILES string of the molecule is CC[C@H](C)[C@H](NC(=O)[C@H](CCC(N)=O)NC(=O)[C@@H](NC(=O)[C@H](CS)NC(=O)[C@H](Cc1ccccc1)NC(=O)[C@H](Cc1ccccc1)NC(=O)[C@H](CCC(=O)O)NC(=O)[C@@H](N)CO)[C@@H](C)CC)C(=O)N[C@@H](Cc1cnc[nH]1)C(=O)N[C@@H](Cc1ccccc1)C(=O)NCCCCCC(=O)O. The van der Waals surface area contributed by atoms with Crippen molar-refractivity contribution >= 4 is 89.5 Å². The lowest BCUT2D eigenvalue weighted by molar-refractivity contribution is -0.139. The molecule has 31 heteroatoms. The quantitative estimate of drug-likeness (QED) is 0.0192. The number of primary amides is 1. The minimum absolute atomic E-state index is 0.0252. The number of rotatable bonds is 45. The van der Waals surface area contributed by atoms with Crippen LogP contribution in [0.15, 0.2) is 104 Å². The Kier molecular flexibility index (Phi) is 35.2. The molecule has 0 bridgehead atoms. The van der Waals surface area contributed by atoms with E-state index in [0.717, 1.165) is 0 Å². The van der Waals surface area contributed by atoms with Gasteiger partial charge in [0.2, 0.25) is 65.0 Å². The maximum atomic E-state index is 14.6. The molecule has 12 atom stereocenters. The number of nitrogens with two attached hydrogens (primary N) is 2. The van der Waals surface area contributed by atoms with Crippen molar-refractivity contribution in [2.75, 3.05) is 18.9 Å². The number of nitrogens with one attached hydrogen (secondary N) is 11. The second-order valence-electron chi connectivity index (χ2n) is 23.9. The number of aromatic nitrogens is 2. The zero-order valence-electron chi connectivity index (χ0n) is 55.5. The molecule has 0 fully saturated rings. The van der Waals surface area contributed by atoms with Crippen LogP contribution in [0.3, 0.4) is 0 Å². The van der Waals surface area contributed by atoms with Gasteiger partial charge in [-0.15, -0.1) is 0 Å². The second kappa shape index (κ2) is 42.7. The summed E-state index contributed by atoms with van der Waals surface area (Å²) >= 11 is 4.37. The fourth-order valence-electron chi connectivity index (χ4n) is 10.1. The first kappa shape index (κ1) is 80.7. The molecule has 0 aliphatic heterocycles. The molecule has 11 amide bonds. The number of thiol groups is 1. The van der Waals surface area contributed by atoms with E-state index in [0.29, 0.717) is 48.1 Å². The molecule has 0 saturated carbocycles. The highest BCUT2D eigenvalue weighted by Crippen LogP contribution is 2.16. The average molecular weight is 1380 g/mol. The first-order valence-electron chi connectivity index (χ1n) is 32.6. The highest BCUT2D eigenvalue weighted by atomic mass is 32.1. The summed E-state index contributed by atoms with van der Waals surface area (Å²) in [6.07, 6.45) is 2.45. The number of amides is 11. The van der Waals surface area contributed by atoms with Crippen molar-refractivity contribution in [2.45, 2.75) is 178 Å². The number of aliphatic hydroxyl groups is 1. The molecule has 30 nitrogen and oxygen atoms in total. The van der Waals surface area contributed by atoms with Crippen LogP contribution in [-0.2, 0) is 88.0 Å². The number of carboxylic acids is 2. The maximum absolute atomic E-state index is 14.6. The predicted octanol–water partition coefficient (Wildman–Crippen LogP) is -0.723. The summed E-state index contributed by atoms with van der Waals surface area (Å²) in [5.74, 6) is -13.5. The van der Waals surface area contributed by atoms with E-state index in [4.69, 9.17) is 16.6 Å². The molecular weight excluding hydrogens is 1290 g/mol. The van der Waals surface area contributed by atoms with Gasteiger partial charge < -0.3 is 84.9 Å². The molecule has 4 rings (SSSR count). The van der Waals surface area contributed by atoms with Crippen LogP contribution in [0.5, 0.6) is 0 Å². The number of hydrogen-bond acceptors (Lipinski definition) is 17. The fourth-order valence-corrected chi connectivity index (χ4v) is 10.3. The lowest BCUT2D eigenvalue weighted by atomic mass is 9.95. The molecule has 0 aliphatic rings. The Morgan fingerprint density at radius 3 is 1.26 bits per heavy atom. The van der Waals surface area contributed by atoms with Gasteiger partial charge in [0.1, 0.15) is 60.4 Å². The molecule has 3 aromatic carbocycles. The van der Waals surface area contributed by atoms with E-state index < -0.39 is 175 Å². The first-order valence-corrected chi connectivity index (χ1v) is 33.2. The molecule has 98 heavy (non-hydrogen) atoms. The van der Waals surface area contributed by atoms with Gasteiger partial charge in [-0.05, 0) is 54.2 Å². The summed E-state index contributed by atoms with van der Waals surface area (Å²) in [6, 6.07) is 11.3. The van der Waals surface area contributed by atoms with Crippen LogP contribution < -0.4 is 64.6 Å². The van der Waals surface area contributed by atoms with Crippen LogP contribution in [0.1, 0.15) is 114 Å². The third-order valence-corrected chi connectivity index (χ3v) is 16.6. The van der Waals surface area contributed by atoms with Crippen molar-refractivity contribution < 1.29 is 77.6 Å². The number of imidazole rings is 1. The Morgan fingerprint density at radius 1 is 0.469 bits per heavy atom. The van der Waals surface area contributed by atoms with Gasteiger partial charge in [0, 0.05) is 69.1 Å². The number of nitrogens with zero attached hydrogens (tertiary/aromatic N) is 1. The van der Waals surface area contributed by atoms with E-state index >= 15 is 0 Å². The number of hydrogen-bond donors (Lipinski definition) is 17. The summed E-state index contributed by atoms with van der Waals surface area (Å²) < 4.78 is 0. The second-order valence-corrected chi connectivity index (χ2v) is 24.3. The van der Waals surface area contributed by atoms with E-state index in [1.54, 1.807) is 119 Å². The zero-order chi connectivity index (χ0) is 72.3. The smallest absolute Gasteiger partial charge is 0.303 e. The van der Waals surface area contributed by atoms with Crippen LogP contribution >= 0.6 is 12.6 Å². The van der Waals surface area contributed by atoms with Gasteiger partial charge in [0.15, 0.2) is 0 Å². The van der Waals surface area contributed by atoms with E-state index in [1.165, 1.54) is 12.5 Å². The number of H-pyrrole nitrogens is 1. The van der Waals surface area contributed by atoms with Gasteiger partial charge in [0.05, 0.1) is 12.9 Å². The minimum atomic E-state index is -1.58. The Labute approximate surface area is 574 Å². The monoisotopic (exact) mass is 1380 g/mol. The van der Waals surface area contributed by atoms with Crippen molar-refractivity contribution in [1.29, 1.82) is 0 Å². The van der Waals surface area contributed by atoms with Gasteiger partial charge in [-0.3, -0.25) is 62.3 Å². The molecule has 1 heterocycles. The van der Waals surface area contributed by atoms with E-state index in [-0.39, 0.29) is 57.2 Å². The largest absolute Gasteiger partial charge is 0.481 e. The first-order chi connectivity index (χ1) is 46.8. The number of carbonyl (C=O) groups is 13. The highest BCUT2D eigenvalue weighted by Gasteiger charge is 2.38. The van der Waals surface area contributed by atoms with E-state index in [2.05, 4.69) is 75.8 Å². The molecule has 1 aromatic heterocycles. The minimum Gasteiger partial charge on any atom is -0.481 e. The molecule has 534 valence electrons. The molecule has 0 saturated heterocycles. The van der Waals surface area contributed by atoms with Gasteiger partial charge in [0.25, 0.3) is 0 Å². The Morgan fingerprint density at radius 2 is 0.847 bits per heavy atom. The number of benzene rings is 3. The predicted molar refractivity (Wildman–Crippen MR) is 362 cm³/mol. The molecular formula is C67H94N14O16S.